The highest BCUT2D eigenvalue weighted by Crippen LogP contribution is 2.03. The van der Waals surface area contributed by atoms with E-state index in [0.29, 0.717) is 0 Å². The first-order valence-corrected chi connectivity index (χ1v) is 9.50. The summed E-state index contributed by atoms with van der Waals surface area (Å²) in [5, 5.41) is 19.2. The molecular weight excluding hydrogens is 364 g/mol. The van der Waals surface area contributed by atoms with Crippen molar-refractivity contribution in [3.8, 4) is 0 Å². The highest BCUT2D eigenvalue weighted by Gasteiger charge is 2.23. The van der Waals surface area contributed by atoms with Crippen molar-refractivity contribution in [2.75, 3.05) is 26.2 Å². The van der Waals surface area contributed by atoms with Crippen molar-refractivity contribution in [2.24, 2.45) is 0 Å². The van der Waals surface area contributed by atoms with Crippen LogP contribution in [0, 0.1) is 0 Å². The summed E-state index contributed by atoms with van der Waals surface area (Å²) in [6, 6.07) is 7.29. The molecule has 0 spiro atoms. The van der Waals surface area contributed by atoms with Gasteiger partial charge in [-0.2, -0.15) is 0 Å². The van der Waals surface area contributed by atoms with Gasteiger partial charge in [-0.25, -0.2) is 9.59 Å². The van der Waals surface area contributed by atoms with E-state index in [1.807, 2.05) is 5.32 Å². The predicted molar refractivity (Wildman–Crippen MR) is 106 cm³/mol. The number of carboxylic acids is 2. The number of quaternary nitrogens is 1. The lowest BCUT2D eigenvalue weighted by Crippen LogP contribution is -2.47. The normalized spacial score (nSPS) is 11.6. The van der Waals surface area contributed by atoms with Crippen LogP contribution in [0.3, 0.4) is 0 Å². The first-order chi connectivity index (χ1) is 13.2. The van der Waals surface area contributed by atoms with Crippen molar-refractivity contribution in [1.82, 2.24) is 5.32 Å². The summed E-state index contributed by atoms with van der Waals surface area (Å²) in [4.78, 5) is 32.5. The van der Waals surface area contributed by atoms with Gasteiger partial charge in [-0.15, -0.1) is 0 Å². The Morgan fingerprint density at radius 1 is 0.964 bits per heavy atom. The lowest BCUT2D eigenvalue weighted by Gasteiger charge is -2.34. The van der Waals surface area contributed by atoms with E-state index in [0.717, 1.165) is 5.56 Å². The van der Waals surface area contributed by atoms with Crippen LogP contribution in [0.25, 0.3) is 0 Å². The second-order valence-corrected chi connectivity index (χ2v) is 6.30. The van der Waals surface area contributed by atoms with E-state index >= 15 is 0 Å². The Morgan fingerprint density at radius 2 is 1.46 bits per heavy atom. The number of hydrogen-bond acceptors (Lipinski definition) is 4. The quantitative estimate of drug-likeness (QED) is 0.523. The lowest BCUT2D eigenvalue weighted by molar-refractivity contribution is -0.921. The molecule has 28 heavy (non-hydrogen) atoms. The number of hydrogen-bond donors (Lipinski definition) is 3. The minimum Gasteiger partial charge on any atom is -0.481 e. The van der Waals surface area contributed by atoms with Crippen LogP contribution >= 0.6 is 0 Å². The molecule has 0 aromatic heterocycles. The number of rotatable bonds is 10. The third-order valence-electron chi connectivity index (χ3n) is 4.86. The molecule has 0 aliphatic rings. The minimum absolute atomic E-state index is 0.0217. The minimum atomic E-state index is -1.51. The number of ether oxygens (including phenoxy) is 1. The summed E-state index contributed by atoms with van der Waals surface area (Å²) in [6.07, 6.45) is -1.69. The van der Waals surface area contributed by atoms with Crippen LogP contribution in [0.15, 0.2) is 30.3 Å². The molecule has 0 aliphatic heterocycles. The summed E-state index contributed by atoms with van der Waals surface area (Å²) < 4.78 is 6.06. The Labute approximate surface area is 166 Å². The molecule has 0 saturated heterocycles. The summed E-state index contributed by atoms with van der Waals surface area (Å²) in [7, 11) is 0. The third-order valence-corrected chi connectivity index (χ3v) is 4.86. The molecule has 1 rings (SSSR count). The fraction of sp³-hybridized carbons (Fsp3) is 0.550. The summed E-state index contributed by atoms with van der Waals surface area (Å²) in [5.74, 6) is -2.75. The van der Waals surface area contributed by atoms with Crippen LogP contribution in [-0.2, 0) is 20.9 Å². The summed E-state index contributed by atoms with van der Waals surface area (Å²) in [6.45, 7) is 14.2. The van der Waals surface area contributed by atoms with Crippen molar-refractivity contribution in [2.45, 2.75) is 46.8 Å². The van der Waals surface area contributed by atoms with E-state index in [1.165, 1.54) is 30.7 Å². The average Bonchev–Trinajstić information content (AvgIpc) is 2.69. The van der Waals surface area contributed by atoms with Crippen LogP contribution in [-0.4, -0.2) is 64.9 Å². The van der Waals surface area contributed by atoms with Crippen molar-refractivity contribution in [3.05, 3.63) is 35.9 Å². The van der Waals surface area contributed by atoms with E-state index in [9.17, 15) is 14.4 Å². The molecule has 1 aromatic carbocycles. The van der Waals surface area contributed by atoms with Gasteiger partial charge in [-0.1, -0.05) is 30.3 Å². The zero-order valence-electron chi connectivity index (χ0n) is 17.2. The van der Waals surface area contributed by atoms with Gasteiger partial charge in [-0.3, -0.25) is 4.79 Å². The molecule has 3 N–H and O–H groups in total. The molecule has 8 heteroatoms. The van der Waals surface area contributed by atoms with Gasteiger partial charge in [0.05, 0.1) is 32.6 Å². The van der Waals surface area contributed by atoms with E-state index in [-0.39, 0.29) is 6.61 Å². The highest BCUT2D eigenvalue weighted by molar-refractivity contribution is 5.84. The number of carbonyl (C=O) groups is 3. The Kier molecular flexibility index (Phi) is 12.3. The maximum atomic E-state index is 11.3. The topological polar surface area (TPSA) is 113 Å². The average molecular weight is 397 g/mol. The molecule has 0 heterocycles. The summed E-state index contributed by atoms with van der Waals surface area (Å²) in [5.41, 5.74) is 0.739. The van der Waals surface area contributed by atoms with Gasteiger partial charge in [0.25, 0.3) is 0 Å². The Balaban J connectivity index is 0.000000684. The Bertz CT molecular complexity index is 584. The second kappa shape index (κ2) is 13.5. The molecular formula is C20H33N2O6+. The van der Waals surface area contributed by atoms with Gasteiger partial charge >= 0.3 is 18.0 Å². The Morgan fingerprint density at radius 3 is 1.82 bits per heavy atom. The van der Waals surface area contributed by atoms with Crippen LogP contribution in [0.2, 0.25) is 0 Å². The fourth-order valence-corrected chi connectivity index (χ4v) is 2.62. The number of nitrogens with zero attached hydrogens (tertiary/aromatic N) is 1. The highest BCUT2D eigenvalue weighted by atomic mass is 16.5. The molecule has 1 amide bonds. The number of benzene rings is 1. The van der Waals surface area contributed by atoms with Crippen molar-refractivity contribution < 1.29 is 33.8 Å². The second-order valence-electron chi connectivity index (χ2n) is 6.30. The molecule has 158 valence electrons. The van der Waals surface area contributed by atoms with Crippen molar-refractivity contribution in [1.29, 1.82) is 0 Å². The van der Waals surface area contributed by atoms with Crippen molar-refractivity contribution >= 4 is 18.0 Å². The Hall–Kier alpha value is -2.61. The van der Waals surface area contributed by atoms with Gasteiger partial charge in [0, 0.05) is 0 Å². The number of carbonyl (C=O) groups excluding carboxylic acids is 1. The van der Waals surface area contributed by atoms with Crippen LogP contribution < -0.4 is 5.32 Å². The molecule has 0 saturated carbocycles. The monoisotopic (exact) mass is 397 g/mol. The zero-order valence-corrected chi connectivity index (χ0v) is 17.2. The molecule has 0 radical (unpaired) electrons. The van der Waals surface area contributed by atoms with Gasteiger partial charge < -0.3 is 24.7 Å². The van der Waals surface area contributed by atoms with Crippen molar-refractivity contribution in [3.63, 3.8) is 0 Å². The molecule has 0 bridgehead atoms. The standard InChI is InChI=1S/C12H13NO6.C8H20N/c14-10(15)6-9(11(16)17)13-12(18)19-7-8-4-2-1-3-5-8;1-5-9(6-2,7-3)8-4/h1-5,9H,6-7H2,(H,13,18)(H,14,15)(H,16,17);5-8H2,1-4H3/q;+1/t9-;/m0./s1. The van der Waals surface area contributed by atoms with Gasteiger partial charge in [0.1, 0.15) is 12.6 Å². The molecule has 1 atom stereocenters. The SMILES string of the molecule is CC[N+](CC)(CC)CC.O=C(O)C[C@H](NC(=O)OCc1ccccc1)C(=O)O. The fourth-order valence-electron chi connectivity index (χ4n) is 2.62. The number of nitrogens with one attached hydrogen (secondary N) is 1. The van der Waals surface area contributed by atoms with Gasteiger partial charge in [-0.05, 0) is 33.3 Å². The van der Waals surface area contributed by atoms with Crippen LogP contribution in [0.5, 0.6) is 0 Å². The first kappa shape index (κ1) is 25.4. The summed E-state index contributed by atoms with van der Waals surface area (Å²) >= 11 is 0. The van der Waals surface area contributed by atoms with Crippen LogP contribution in [0.4, 0.5) is 4.79 Å². The maximum absolute atomic E-state index is 11.3. The number of amides is 1. The molecule has 0 aliphatic carbocycles. The van der Waals surface area contributed by atoms with Gasteiger partial charge in [0.2, 0.25) is 0 Å². The number of alkyl carbamates (subject to hydrolysis) is 1. The molecule has 8 nitrogen and oxygen atoms in total. The predicted octanol–water partition coefficient (Wildman–Crippen LogP) is 2.72. The first-order valence-electron chi connectivity index (χ1n) is 9.50. The van der Waals surface area contributed by atoms with E-state index in [4.69, 9.17) is 14.9 Å². The zero-order chi connectivity index (χ0) is 21.6. The van der Waals surface area contributed by atoms with E-state index < -0.39 is 30.5 Å². The lowest BCUT2D eigenvalue weighted by atomic mass is 10.2. The smallest absolute Gasteiger partial charge is 0.408 e. The van der Waals surface area contributed by atoms with Crippen LogP contribution in [0.1, 0.15) is 39.7 Å². The van der Waals surface area contributed by atoms with E-state index in [2.05, 4.69) is 27.7 Å². The molecule has 0 fully saturated rings. The number of aliphatic carboxylic acids is 2. The largest absolute Gasteiger partial charge is 0.481 e. The number of carboxylic acid groups (broad SMARTS) is 2. The van der Waals surface area contributed by atoms with Gasteiger partial charge in [0.15, 0.2) is 0 Å². The third kappa shape index (κ3) is 9.91. The molecule has 1 aromatic rings. The molecule has 0 unspecified atom stereocenters. The van der Waals surface area contributed by atoms with E-state index in [1.54, 1.807) is 30.3 Å². The maximum Gasteiger partial charge on any atom is 0.408 e.